The minimum atomic E-state index is 0.0312. The van der Waals surface area contributed by atoms with E-state index < -0.39 is 0 Å². The number of rotatable bonds is 7. The van der Waals surface area contributed by atoms with Crippen LogP contribution in [-0.2, 0) is 0 Å². The van der Waals surface area contributed by atoms with Gasteiger partial charge < -0.3 is 15.5 Å². The lowest BCUT2D eigenvalue weighted by molar-refractivity contribution is 0.0741. The number of nitrogens with zero attached hydrogens (tertiary/aromatic N) is 2. The van der Waals surface area contributed by atoms with Gasteiger partial charge in [-0.25, -0.2) is 0 Å². The van der Waals surface area contributed by atoms with E-state index in [9.17, 15) is 4.79 Å². The van der Waals surface area contributed by atoms with Crippen molar-refractivity contribution in [2.45, 2.75) is 20.3 Å². The number of carbonyl (C=O) groups is 1. The van der Waals surface area contributed by atoms with Crippen LogP contribution in [0.2, 0.25) is 0 Å². The molecule has 1 amide bonds. The van der Waals surface area contributed by atoms with Gasteiger partial charge in [0.05, 0.1) is 4.99 Å². The molecule has 0 aliphatic carbocycles. The van der Waals surface area contributed by atoms with Crippen molar-refractivity contribution in [3.8, 4) is 0 Å². The molecule has 0 radical (unpaired) electrons. The quantitative estimate of drug-likeness (QED) is 0.787. The zero-order valence-electron chi connectivity index (χ0n) is 13.3. The largest absolute Gasteiger partial charge is 0.393 e. The summed E-state index contributed by atoms with van der Waals surface area (Å²) in [5.74, 6) is 0.431. The van der Waals surface area contributed by atoms with E-state index >= 15 is 0 Å². The molecule has 5 heteroatoms. The van der Waals surface area contributed by atoms with E-state index in [0.29, 0.717) is 36.0 Å². The Morgan fingerprint density at radius 3 is 2.52 bits per heavy atom. The molecule has 0 aliphatic rings. The topological polar surface area (TPSA) is 49.6 Å². The average molecular weight is 307 g/mol. The third-order valence-electron chi connectivity index (χ3n) is 3.11. The molecule has 0 bridgehead atoms. The van der Waals surface area contributed by atoms with Crippen LogP contribution in [0.1, 0.15) is 30.6 Å². The van der Waals surface area contributed by atoms with Gasteiger partial charge >= 0.3 is 0 Å². The predicted octanol–water partition coefficient (Wildman–Crippen LogP) is 2.53. The molecule has 0 saturated heterocycles. The second-order valence-corrected chi connectivity index (χ2v) is 6.33. The fourth-order valence-electron chi connectivity index (χ4n) is 2.06. The Morgan fingerprint density at radius 1 is 1.33 bits per heavy atom. The number of amides is 1. The molecule has 0 spiro atoms. The Kier molecular flexibility index (Phi) is 6.62. The van der Waals surface area contributed by atoms with Crippen LogP contribution in [0.5, 0.6) is 0 Å². The van der Waals surface area contributed by atoms with Gasteiger partial charge in [-0.1, -0.05) is 32.1 Å². The third kappa shape index (κ3) is 5.71. The number of hydrogen-bond acceptors (Lipinski definition) is 3. The van der Waals surface area contributed by atoms with Crippen LogP contribution in [0.3, 0.4) is 0 Å². The predicted molar refractivity (Wildman–Crippen MR) is 92.9 cm³/mol. The lowest BCUT2D eigenvalue weighted by Gasteiger charge is -2.25. The normalized spacial score (nSPS) is 10.5. The Morgan fingerprint density at radius 2 is 2.00 bits per heavy atom. The maximum atomic E-state index is 12.7. The van der Waals surface area contributed by atoms with Crippen LogP contribution in [0.25, 0.3) is 0 Å². The second kappa shape index (κ2) is 7.98. The molecule has 0 heterocycles. The second-order valence-electron chi connectivity index (χ2n) is 5.81. The molecule has 1 aromatic rings. The maximum Gasteiger partial charge on any atom is 0.253 e. The van der Waals surface area contributed by atoms with E-state index in [2.05, 4.69) is 13.8 Å². The van der Waals surface area contributed by atoms with Crippen molar-refractivity contribution >= 4 is 28.8 Å². The standard InChI is InChI=1S/C16H25N3OS/c1-12(2)11-19(9-8-15(17)21)16(20)13-6-5-7-14(10-13)18(3)4/h5-7,10,12H,8-9,11H2,1-4H3,(H2,17,21). The van der Waals surface area contributed by atoms with Gasteiger partial charge in [0.15, 0.2) is 0 Å². The fourth-order valence-corrected chi connectivity index (χ4v) is 2.15. The highest BCUT2D eigenvalue weighted by Crippen LogP contribution is 2.16. The lowest BCUT2D eigenvalue weighted by atomic mass is 10.1. The molecule has 2 N–H and O–H groups in total. The Bertz CT molecular complexity index is 500. The highest BCUT2D eigenvalue weighted by molar-refractivity contribution is 7.80. The summed E-state index contributed by atoms with van der Waals surface area (Å²) in [6, 6.07) is 7.65. The molecule has 0 aliphatic heterocycles. The molecular weight excluding hydrogens is 282 g/mol. The molecule has 21 heavy (non-hydrogen) atoms. The maximum absolute atomic E-state index is 12.7. The first-order valence-corrected chi connectivity index (χ1v) is 7.57. The van der Waals surface area contributed by atoms with Crippen molar-refractivity contribution in [2.75, 3.05) is 32.1 Å². The van der Waals surface area contributed by atoms with Crippen molar-refractivity contribution in [1.29, 1.82) is 0 Å². The summed E-state index contributed by atoms with van der Waals surface area (Å²) in [4.78, 5) is 17.0. The first-order valence-electron chi connectivity index (χ1n) is 7.16. The van der Waals surface area contributed by atoms with Crippen molar-refractivity contribution in [3.63, 3.8) is 0 Å². The van der Waals surface area contributed by atoms with Crippen LogP contribution in [0.15, 0.2) is 24.3 Å². The summed E-state index contributed by atoms with van der Waals surface area (Å²) in [6.45, 7) is 5.46. The van der Waals surface area contributed by atoms with Gasteiger partial charge in [0.1, 0.15) is 0 Å². The van der Waals surface area contributed by atoms with Gasteiger partial charge in [-0.2, -0.15) is 0 Å². The average Bonchev–Trinajstić information content (AvgIpc) is 2.42. The van der Waals surface area contributed by atoms with Crippen LogP contribution in [0.4, 0.5) is 5.69 Å². The van der Waals surface area contributed by atoms with Gasteiger partial charge in [0.2, 0.25) is 0 Å². The van der Waals surface area contributed by atoms with E-state index in [1.165, 1.54) is 0 Å². The number of hydrogen-bond donors (Lipinski definition) is 1. The number of anilines is 1. The van der Waals surface area contributed by atoms with E-state index in [1.54, 1.807) is 0 Å². The summed E-state index contributed by atoms with van der Waals surface area (Å²) in [7, 11) is 3.92. The highest BCUT2D eigenvalue weighted by Gasteiger charge is 2.17. The summed E-state index contributed by atoms with van der Waals surface area (Å²) < 4.78 is 0. The number of benzene rings is 1. The Hall–Kier alpha value is -1.62. The number of thiocarbonyl (C=S) groups is 1. The Balaban J connectivity index is 2.92. The molecule has 0 fully saturated rings. The summed E-state index contributed by atoms with van der Waals surface area (Å²) in [6.07, 6.45) is 0.557. The van der Waals surface area contributed by atoms with Crippen molar-refractivity contribution < 1.29 is 4.79 Å². The van der Waals surface area contributed by atoms with Crippen molar-refractivity contribution in [3.05, 3.63) is 29.8 Å². The lowest BCUT2D eigenvalue weighted by Crippen LogP contribution is -2.36. The zero-order chi connectivity index (χ0) is 16.0. The summed E-state index contributed by atoms with van der Waals surface area (Å²) >= 11 is 4.92. The molecule has 4 nitrogen and oxygen atoms in total. The zero-order valence-corrected chi connectivity index (χ0v) is 14.1. The highest BCUT2D eigenvalue weighted by atomic mass is 32.1. The van der Waals surface area contributed by atoms with Gasteiger partial charge in [0, 0.05) is 44.9 Å². The van der Waals surface area contributed by atoms with Crippen LogP contribution >= 0.6 is 12.2 Å². The monoisotopic (exact) mass is 307 g/mol. The van der Waals surface area contributed by atoms with Gasteiger partial charge in [0.25, 0.3) is 5.91 Å². The SMILES string of the molecule is CC(C)CN(CCC(N)=S)C(=O)c1cccc(N(C)C)c1. The van der Waals surface area contributed by atoms with Crippen LogP contribution in [-0.4, -0.2) is 43.0 Å². The van der Waals surface area contributed by atoms with Crippen molar-refractivity contribution in [2.24, 2.45) is 11.7 Å². The van der Waals surface area contributed by atoms with E-state index in [-0.39, 0.29) is 5.91 Å². The molecule has 0 aromatic heterocycles. The third-order valence-corrected chi connectivity index (χ3v) is 3.31. The van der Waals surface area contributed by atoms with Crippen molar-refractivity contribution in [1.82, 2.24) is 4.90 Å². The molecule has 0 atom stereocenters. The summed E-state index contributed by atoms with van der Waals surface area (Å²) in [5, 5.41) is 0. The van der Waals surface area contributed by atoms with E-state index in [1.807, 2.05) is 48.2 Å². The molecule has 116 valence electrons. The molecule has 0 saturated carbocycles. The Labute approximate surface area is 132 Å². The number of nitrogens with two attached hydrogens (primary N) is 1. The summed E-state index contributed by atoms with van der Waals surface area (Å²) in [5.41, 5.74) is 7.27. The minimum Gasteiger partial charge on any atom is -0.393 e. The first-order chi connectivity index (χ1) is 9.81. The van der Waals surface area contributed by atoms with Gasteiger partial charge in [-0.15, -0.1) is 0 Å². The molecule has 0 unspecified atom stereocenters. The smallest absolute Gasteiger partial charge is 0.253 e. The fraction of sp³-hybridized carbons (Fsp3) is 0.500. The van der Waals surface area contributed by atoms with Gasteiger partial charge in [-0.05, 0) is 24.1 Å². The van der Waals surface area contributed by atoms with E-state index in [0.717, 1.165) is 5.69 Å². The number of carbonyl (C=O) groups excluding carboxylic acids is 1. The first kappa shape index (κ1) is 17.4. The van der Waals surface area contributed by atoms with Gasteiger partial charge in [-0.3, -0.25) is 4.79 Å². The van der Waals surface area contributed by atoms with E-state index in [4.69, 9.17) is 18.0 Å². The minimum absolute atomic E-state index is 0.0312. The van der Waals surface area contributed by atoms with Crippen LogP contribution in [0, 0.1) is 5.92 Å². The van der Waals surface area contributed by atoms with Crippen LogP contribution < -0.4 is 10.6 Å². The molecule has 1 aromatic carbocycles. The molecule has 1 rings (SSSR count). The molecular formula is C16H25N3OS.